The van der Waals surface area contributed by atoms with Crippen molar-refractivity contribution >= 4 is 0 Å². The monoisotopic (exact) mass is 375 g/mol. The summed E-state index contributed by atoms with van der Waals surface area (Å²) in [5.74, 6) is 1.93. The molecule has 0 aliphatic rings. The lowest BCUT2D eigenvalue weighted by molar-refractivity contribution is -0.137. The molecule has 3 rings (SSSR count). The lowest BCUT2D eigenvalue weighted by Crippen LogP contribution is -2.16. The molecule has 3 aromatic rings. The Balaban J connectivity index is 1.53. The quantitative estimate of drug-likeness (QED) is 0.569. The highest BCUT2D eigenvalue weighted by Gasteiger charge is 2.30. The van der Waals surface area contributed by atoms with Gasteiger partial charge in [-0.3, -0.25) is 0 Å². The molecule has 0 saturated carbocycles. The zero-order chi connectivity index (χ0) is 19.3. The van der Waals surface area contributed by atoms with E-state index in [1.54, 1.807) is 25.3 Å². The average Bonchev–Trinajstić information content (AvgIpc) is 3.14. The van der Waals surface area contributed by atoms with Gasteiger partial charge in [0.1, 0.15) is 17.3 Å². The van der Waals surface area contributed by atoms with Crippen LogP contribution in [0, 0.1) is 0 Å². The van der Waals surface area contributed by atoms with Gasteiger partial charge in [-0.2, -0.15) is 13.2 Å². The van der Waals surface area contributed by atoms with E-state index in [2.05, 4.69) is 5.32 Å². The lowest BCUT2D eigenvalue weighted by Gasteiger charge is -2.07. The normalized spacial score (nSPS) is 11.6. The first kappa shape index (κ1) is 19.0. The van der Waals surface area contributed by atoms with Crippen LogP contribution in [0.2, 0.25) is 0 Å². The van der Waals surface area contributed by atoms with Crippen molar-refractivity contribution in [3.8, 4) is 17.1 Å². The molecule has 1 heterocycles. The molecular formula is C21H20F3NO2. The molecule has 0 aliphatic heterocycles. The van der Waals surface area contributed by atoms with E-state index in [0.29, 0.717) is 23.6 Å². The second kappa shape index (κ2) is 8.31. The highest BCUT2D eigenvalue weighted by molar-refractivity contribution is 5.58. The van der Waals surface area contributed by atoms with Crippen molar-refractivity contribution in [3.05, 3.63) is 77.6 Å². The van der Waals surface area contributed by atoms with Crippen LogP contribution in [-0.4, -0.2) is 13.7 Å². The van der Waals surface area contributed by atoms with Crippen molar-refractivity contribution in [1.82, 2.24) is 5.32 Å². The summed E-state index contributed by atoms with van der Waals surface area (Å²) in [4.78, 5) is 0. The summed E-state index contributed by atoms with van der Waals surface area (Å²) in [6, 6.07) is 16.5. The maximum absolute atomic E-state index is 12.8. The second-order valence-corrected chi connectivity index (χ2v) is 6.12. The van der Waals surface area contributed by atoms with Crippen molar-refractivity contribution in [2.45, 2.75) is 19.1 Å². The van der Waals surface area contributed by atoms with Crippen LogP contribution in [-0.2, 0) is 19.1 Å². The smallest absolute Gasteiger partial charge is 0.416 e. The second-order valence-electron chi connectivity index (χ2n) is 6.12. The molecule has 0 unspecified atom stereocenters. The van der Waals surface area contributed by atoms with Gasteiger partial charge in [-0.25, -0.2) is 0 Å². The molecule has 0 amide bonds. The zero-order valence-electron chi connectivity index (χ0n) is 14.8. The molecule has 0 radical (unpaired) electrons. The average molecular weight is 375 g/mol. The summed E-state index contributed by atoms with van der Waals surface area (Å²) in [6.45, 7) is 1.26. The van der Waals surface area contributed by atoms with Crippen molar-refractivity contribution in [1.29, 1.82) is 0 Å². The Labute approximate surface area is 155 Å². The summed E-state index contributed by atoms with van der Waals surface area (Å²) >= 11 is 0. The van der Waals surface area contributed by atoms with Crippen LogP contribution in [0.1, 0.15) is 16.9 Å². The van der Waals surface area contributed by atoms with E-state index in [1.807, 2.05) is 24.3 Å². The minimum atomic E-state index is -4.37. The molecule has 1 N–H and O–H groups in total. The molecule has 1 aromatic heterocycles. The van der Waals surface area contributed by atoms with Gasteiger partial charge in [0.05, 0.1) is 19.2 Å². The number of nitrogens with one attached hydrogen (secondary N) is 1. The first-order valence-electron chi connectivity index (χ1n) is 8.56. The van der Waals surface area contributed by atoms with Gasteiger partial charge in [0, 0.05) is 5.56 Å². The fraction of sp³-hybridized carbons (Fsp3) is 0.238. The molecule has 0 spiro atoms. The zero-order valence-corrected chi connectivity index (χ0v) is 14.8. The third-order valence-corrected chi connectivity index (χ3v) is 4.18. The number of furan rings is 1. The molecular weight excluding hydrogens is 355 g/mol. The Morgan fingerprint density at radius 1 is 1.00 bits per heavy atom. The first-order chi connectivity index (χ1) is 13.0. The number of ether oxygens (including phenoxy) is 1. The Morgan fingerprint density at radius 2 is 1.78 bits per heavy atom. The molecule has 0 aliphatic carbocycles. The van der Waals surface area contributed by atoms with Crippen LogP contribution in [0.5, 0.6) is 5.75 Å². The van der Waals surface area contributed by atoms with Crippen LogP contribution in [0.25, 0.3) is 11.3 Å². The largest absolute Gasteiger partial charge is 0.497 e. The fourth-order valence-electron chi connectivity index (χ4n) is 2.71. The van der Waals surface area contributed by atoms with E-state index in [0.717, 1.165) is 30.8 Å². The summed E-state index contributed by atoms with van der Waals surface area (Å²) in [7, 11) is 1.63. The van der Waals surface area contributed by atoms with Gasteiger partial charge in [0.2, 0.25) is 0 Å². The van der Waals surface area contributed by atoms with Gasteiger partial charge in [-0.15, -0.1) is 0 Å². The van der Waals surface area contributed by atoms with Crippen molar-refractivity contribution in [2.75, 3.05) is 13.7 Å². The van der Waals surface area contributed by atoms with Crippen LogP contribution in [0.4, 0.5) is 13.2 Å². The van der Waals surface area contributed by atoms with E-state index in [4.69, 9.17) is 9.15 Å². The van der Waals surface area contributed by atoms with E-state index in [-0.39, 0.29) is 0 Å². The molecule has 3 nitrogen and oxygen atoms in total. The van der Waals surface area contributed by atoms with Gasteiger partial charge in [0.25, 0.3) is 0 Å². The number of hydrogen-bond donors (Lipinski definition) is 1. The van der Waals surface area contributed by atoms with Crippen LogP contribution in [0.15, 0.2) is 65.1 Å². The summed E-state index contributed by atoms with van der Waals surface area (Å²) in [5, 5.41) is 3.27. The van der Waals surface area contributed by atoms with Gasteiger partial charge in [0.15, 0.2) is 0 Å². The SMILES string of the molecule is COc1ccc(CCNCc2ccc(-c3cccc(C(F)(F)F)c3)o2)cc1. The van der Waals surface area contributed by atoms with Gasteiger partial charge in [-0.05, 0) is 54.9 Å². The number of hydrogen-bond acceptors (Lipinski definition) is 3. The summed E-state index contributed by atoms with van der Waals surface area (Å²) in [5.41, 5.74) is 0.914. The van der Waals surface area contributed by atoms with Crippen molar-refractivity contribution in [2.24, 2.45) is 0 Å². The topological polar surface area (TPSA) is 34.4 Å². The highest BCUT2D eigenvalue weighted by Crippen LogP contribution is 2.32. The minimum absolute atomic E-state index is 0.411. The molecule has 27 heavy (non-hydrogen) atoms. The Morgan fingerprint density at radius 3 is 2.48 bits per heavy atom. The third-order valence-electron chi connectivity index (χ3n) is 4.18. The Bertz CT molecular complexity index is 870. The van der Waals surface area contributed by atoms with E-state index < -0.39 is 11.7 Å². The molecule has 0 saturated heterocycles. The van der Waals surface area contributed by atoms with E-state index in [9.17, 15) is 13.2 Å². The predicted molar refractivity (Wildman–Crippen MR) is 97.6 cm³/mol. The maximum atomic E-state index is 12.8. The Kier molecular flexibility index (Phi) is 5.86. The van der Waals surface area contributed by atoms with E-state index >= 15 is 0 Å². The number of rotatable bonds is 7. The standard InChI is InChI=1S/C21H20F3NO2/c1-26-18-7-5-15(6-8-18)11-12-25-14-19-9-10-20(27-19)16-3-2-4-17(13-16)21(22,23)24/h2-10,13,25H,11-12,14H2,1H3. The van der Waals surface area contributed by atoms with Crippen LogP contribution in [0.3, 0.4) is 0 Å². The third kappa shape index (κ3) is 5.14. The molecule has 2 aromatic carbocycles. The molecule has 0 fully saturated rings. The number of alkyl halides is 3. The molecule has 6 heteroatoms. The molecule has 0 bridgehead atoms. The summed E-state index contributed by atoms with van der Waals surface area (Å²) < 4.78 is 49.3. The fourth-order valence-corrected chi connectivity index (χ4v) is 2.71. The number of benzene rings is 2. The maximum Gasteiger partial charge on any atom is 0.416 e. The number of methoxy groups -OCH3 is 1. The van der Waals surface area contributed by atoms with Gasteiger partial charge >= 0.3 is 6.18 Å². The van der Waals surface area contributed by atoms with Gasteiger partial charge in [-0.1, -0.05) is 24.3 Å². The van der Waals surface area contributed by atoms with Crippen LogP contribution < -0.4 is 10.1 Å². The van der Waals surface area contributed by atoms with Gasteiger partial charge < -0.3 is 14.5 Å². The van der Waals surface area contributed by atoms with Crippen LogP contribution >= 0.6 is 0 Å². The lowest BCUT2D eigenvalue weighted by atomic mass is 10.1. The predicted octanol–water partition coefficient (Wildman–Crippen LogP) is 5.31. The molecule has 142 valence electrons. The van der Waals surface area contributed by atoms with Crippen molar-refractivity contribution < 1.29 is 22.3 Å². The number of halogens is 3. The molecule has 0 atom stereocenters. The minimum Gasteiger partial charge on any atom is -0.497 e. The Hall–Kier alpha value is -2.73. The van der Waals surface area contributed by atoms with Crippen molar-refractivity contribution in [3.63, 3.8) is 0 Å². The highest BCUT2D eigenvalue weighted by atomic mass is 19.4. The first-order valence-corrected chi connectivity index (χ1v) is 8.56. The van der Waals surface area contributed by atoms with E-state index in [1.165, 1.54) is 11.6 Å². The summed E-state index contributed by atoms with van der Waals surface area (Å²) in [6.07, 6.45) is -3.51.